The average Bonchev–Trinajstić information content (AvgIpc) is 2.88. The second kappa shape index (κ2) is 15.0. The summed E-state index contributed by atoms with van der Waals surface area (Å²) in [6.45, 7) is 6.63. The van der Waals surface area contributed by atoms with Crippen molar-refractivity contribution in [1.82, 2.24) is 0 Å². The Balaban J connectivity index is 1.63. The fourth-order valence-electron chi connectivity index (χ4n) is 5.82. The first-order chi connectivity index (χ1) is 17.5. The van der Waals surface area contributed by atoms with Crippen LogP contribution in [-0.2, 0) is 28.0 Å². The van der Waals surface area contributed by atoms with Crippen molar-refractivity contribution in [3.63, 3.8) is 0 Å². The molecule has 0 spiro atoms. The SMILES string of the molecule is CC1CCC(C(S)C(=O)OP(OC(=O)C(S)C2CCC(C)CC2)OC(=O)C(S)C2CCC(C)CC2)CC1. The molecule has 3 atom stereocenters. The lowest BCUT2D eigenvalue weighted by atomic mass is 9.81. The second-order valence-corrected chi connectivity index (χ2v) is 14.5. The van der Waals surface area contributed by atoms with E-state index in [1.165, 1.54) is 0 Å². The van der Waals surface area contributed by atoms with Gasteiger partial charge in [-0.1, -0.05) is 59.3 Å². The summed E-state index contributed by atoms with van der Waals surface area (Å²) >= 11 is 13.6. The standard InChI is InChI=1S/C27H45O6PS3/c1-16-4-10-19(11-5-16)22(35)25(28)31-34(32-26(29)23(36)20-12-6-17(2)7-13-20)33-27(30)24(37)21-14-8-18(3)9-15-21/h16-24,35-37H,4-15H2,1-3H3. The van der Waals surface area contributed by atoms with Gasteiger partial charge in [0, 0.05) is 0 Å². The minimum Gasteiger partial charge on any atom is -0.374 e. The number of rotatable bonds is 9. The lowest BCUT2D eigenvalue weighted by molar-refractivity contribution is -0.143. The molecule has 0 saturated heterocycles. The molecule has 0 aromatic heterocycles. The Labute approximate surface area is 240 Å². The van der Waals surface area contributed by atoms with E-state index < -0.39 is 42.3 Å². The van der Waals surface area contributed by atoms with Gasteiger partial charge in [-0.2, -0.15) is 37.9 Å². The molecule has 3 aliphatic rings. The zero-order chi connectivity index (χ0) is 27.1. The van der Waals surface area contributed by atoms with Gasteiger partial charge in [0.05, 0.1) is 0 Å². The van der Waals surface area contributed by atoms with Crippen LogP contribution in [0.5, 0.6) is 0 Å². The highest BCUT2D eigenvalue weighted by Gasteiger charge is 2.39. The Bertz CT molecular complexity index is 661. The number of thiol groups is 3. The van der Waals surface area contributed by atoms with Gasteiger partial charge in [-0.3, -0.25) is 14.4 Å². The van der Waals surface area contributed by atoms with E-state index in [1.807, 2.05) is 0 Å². The highest BCUT2D eigenvalue weighted by atomic mass is 32.1. The smallest absolute Gasteiger partial charge is 0.374 e. The van der Waals surface area contributed by atoms with Crippen molar-refractivity contribution >= 4 is 64.4 Å². The van der Waals surface area contributed by atoms with Crippen LogP contribution in [0.1, 0.15) is 97.8 Å². The third-order valence-corrected chi connectivity index (χ3v) is 11.6. The second-order valence-electron chi connectivity index (χ2n) is 11.8. The predicted molar refractivity (Wildman–Crippen MR) is 157 cm³/mol. The lowest BCUT2D eigenvalue weighted by Gasteiger charge is -2.31. The first-order valence-electron chi connectivity index (χ1n) is 14.0. The Morgan fingerprint density at radius 2 is 0.730 bits per heavy atom. The summed E-state index contributed by atoms with van der Waals surface area (Å²) in [7, 11) is -2.56. The van der Waals surface area contributed by atoms with E-state index in [9.17, 15) is 14.4 Å². The molecule has 10 heteroatoms. The van der Waals surface area contributed by atoms with E-state index in [4.69, 9.17) is 13.6 Å². The minimum absolute atomic E-state index is 0.0824. The maximum absolute atomic E-state index is 13.0. The molecule has 3 fully saturated rings. The van der Waals surface area contributed by atoms with Crippen LogP contribution in [0.2, 0.25) is 0 Å². The molecule has 0 radical (unpaired) electrons. The molecule has 212 valence electrons. The summed E-state index contributed by atoms with van der Waals surface area (Å²) in [5.41, 5.74) is 0. The maximum atomic E-state index is 13.0. The van der Waals surface area contributed by atoms with Crippen LogP contribution in [0.3, 0.4) is 0 Å². The Morgan fingerprint density at radius 1 is 0.514 bits per heavy atom. The van der Waals surface area contributed by atoms with E-state index >= 15 is 0 Å². The van der Waals surface area contributed by atoms with Crippen LogP contribution in [0.15, 0.2) is 0 Å². The van der Waals surface area contributed by atoms with Crippen molar-refractivity contribution in [3.8, 4) is 0 Å². The Hall–Kier alpha value is -0.110. The maximum Gasteiger partial charge on any atom is 0.537 e. The quantitative estimate of drug-likeness (QED) is 0.194. The first-order valence-corrected chi connectivity index (χ1v) is 16.7. The topological polar surface area (TPSA) is 78.9 Å². The van der Waals surface area contributed by atoms with Crippen LogP contribution < -0.4 is 0 Å². The summed E-state index contributed by atoms with van der Waals surface area (Å²) in [4.78, 5) is 39.0. The molecule has 0 amide bonds. The molecule has 0 aliphatic heterocycles. The highest BCUT2D eigenvalue weighted by Crippen LogP contribution is 2.45. The van der Waals surface area contributed by atoms with Gasteiger partial charge in [0.15, 0.2) is 0 Å². The van der Waals surface area contributed by atoms with E-state index in [2.05, 4.69) is 58.7 Å². The molecular formula is C27H45O6PS3. The van der Waals surface area contributed by atoms with Gasteiger partial charge in [0.1, 0.15) is 15.7 Å². The highest BCUT2D eigenvalue weighted by molar-refractivity contribution is 7.82. The summed E-state index contributed by atoms with van der Waals surface area (Å²) in [5.74, 6) is 0.320. The molecule has 37 heavy (non-hydrogen) atoms. The summed E-state index contributed by atoms with van der Waals surface area (Å²) in [6, 6.07) is 0. The largest absolute Gasteiger partial charge is 0.537 e. The van der Waals surface area contributed by atoms with Gasteiger partial charge < -0.3 is 13.6 Å². The van der Waals surface area contributed by atoms with Crippen LogP contribution in [0.25, 0.3) is 0 Å². The summed E-state index contributed by atoms with van der Waals surface area (Å²) in [6.07, 6.45) is 11.6. The van der Waals surface area contributed by atoms with Crippen molar-refractivity contribution in [2.24, 2.45) is 35.5 Å². The molecule has 3 rings (SSSR count). The zero-order valence-electron chi connectivity index (χ0n) is 22.4. The molecule has 6 nitrogen and oxygen atoms in total. The third kappa shape index (κ3) is 9.49. The number of hydrogen-bond donors (Lipinski definition) is 3. The van der Waals surface area contributed by atoms with Crippen molar-refractivity contribution in [1.29, 1.82) is 0 Å². The lowest BCUT2D eigenvalue weighted by Crippen LogP contribution is -2.32. The number of hydrogen-bond acceptors (Lipinski definition) is 9. The van der Waals surface area contributed by atoms with Crippen LogP contribution in [0.4, 0.5) is 0 Å². The van der Waals surface area contributed by atoms with Crippen LogP contribution in [-0.4, -0.2) is 33.7 Å². The molecule has 0 N–H and O–H groups in total. The summed E-state index contributed by atoms with van der Waals surface area (Å²) in [5, 5.41) is -1.98. The van der Waals surface area contributed by atoms with Crippen molar-refractivity contribution in [3.05, 3.63) is 0 Å². The molecule has 3 unspecified atom stereocenters. The van der Waals surface area contributed by atoms with Gasteiger partial charge in [-0.05, 0) is 74.0 Å². The monoisotopic (exact) mass is 592 g/mol. The predicted octanol–water partition coefficient (Wildman–Crippen LogP) is 7.22. The van der Waals surface area contributed by atoms with Gasteiger partial charge in [0.25, 0.3) is 0 Å². The third-order valence-electron chi connectivity index (χ3n) is 8.74. The Kier molecular flexibility index (Phi) is 12.8. The van der Waals surface area contributed by atoms with Crippen molar-refractivity contribution < 1.29 is 28.0 Å². The average molecular weight is 593 g/mol. The van der Waals surface area contributed by atoms with E-state index in [1.54, 1.807) is 0 Å². The van der Waals surface area contributed by atoms with Crippen molar-refractivity contribution in [2.75, 3.05) is 0 Å². The summed E-state index contributed by atoms with van der Waals surface area (Å²) < 4.78 is 16.6. The van der Waals surface area contributed by atoms with Gasteiger partial charge in [-0.25, -0.2) is 0 Å². The minimum atomic E-state index is -2.56. The molecular weight excluding hydrogens is 547 g/mol. The molecule has 0 aromatic rings. The Morgan fingerprint density at radius 3 is 0.946 bits per heavy atom. The molecule has 0 aromatic carbocycles. The zero-order valence-corrected chi connectivity index (χ0v) is 26.0. The van der Waals surface area contributed by atoms with Gasteiger partial charge >= 0.3 is 26.5 Å². The molecule has 3 aliphatic carbocycles. The van der Waals surface area contributed by atoms with Crippen LogP contribution in [0, 0.1) is 35.5 Å². The van der Waals surface area contributed by atoms with E-state index in [0.29, 0.717) is 17.8 Å². The van der Waals surface area contributed by atoms with Crippen molar-refractivity contribution in [2.45, 2.75) is 114 Å². The van der Waals surface area contributed by atoms with E-state index in [0.717, 1.165) is 77.0 Å². The van der Waals surface area contributed by atoms with Gasteiger partial charge in [-0.15, -0.1) is 0 Å². The molecule has 3 saturated carbocycles. The molecule has 0 heterocycles. The fraction of sp³-hybridized carbons (Fsp3) is 0.889. The number of carbonyl (C=O) groups excluding carboxylic acids is 3. The van der Waals surface area contributed by atoms with E-state index in [-0.39, 0.29) is 17.8 Å². The first kappa shape index (κ1) is 31.4. The fourth-order valence-corrected chi connectivity index (χ4v) is 8.02. The number of carbonyl (C=O) groups is 3. The van der Waals surface area contributed by atoms with Crippen LogP contribution >= 0.6 is 46.5 Å². The molecule has 0 bridgehead atoms. The normalized spacial score (nSPS) is 33.9. The van der Waals surface area contributed by atoms with Gasteiger partial charge in [0.2, 0.25) is 0 Å².